The van der Waals surface area contributed by atoms with Gasteiger partial charge < -0.3 is 4.90 Å². The van der Waals surface area contributed by atoms with E-state index in [9.17, 15) is 13.2 Å². The molecule has 4 aromatic heterocycles. The summed E-state index contributed by atoms with van der Waals surface area (Å²) in [5.41, 5.74) is -0.377. The molecular formula is C17H15F3N10. The molecule has 1 saturated heterocycles. The molecule has 1 N–H and O–H groups in total. The highest BCUT2D eigenvalue weighted by molar-refractivity contribution is 5.58. The van der Waals surface area contributed by atoms with Crippen LogP contribution >= 0.6 is 0 Å². The Kier molecular flexibility index (Phi) is 4.29. The molecule has 0 aromatic carbocycles. The van der Waals surface area contributed by atoms with Crippen LogP contribution in [-0.4, -0.2) is 58.1 Å². The predicted molar refractivity (Wildman–Crippen MR) is 97.4 cm³/mol. The third kappa shape index (κ3) is 3.31. The Morgan fingerprint density at radius 2 is 2.03 bits per heavy atom. The summed E-state index contributed by atoms with van der Waals surface area (Å²) < 4.78 is 40.5. The summed E-state index contributed by atoms with van der Waals surface area (Å²) in [5, 5.41) is 14.2. The standard InChI is InChI=1S/C17H15F3N10/c18-17(19,20)12-9-30-11(6-23-14(30)7-22-12)16-21-4-3-13(24-16)29-5-1-2-10(8-29)15-25-27-28-26-15/h3-4,6-7,9-10H,1-2,5,8H2,(H,25,26,27,28). The number of aromatic nitrogens is 9. The maximum absolute atomic E-state index is 13.1. The van der Waals surface area contributed by atoms with Crippen molar-refractivity contribution in [2.24, 2.45) is 0 Å². The van der Waals surface area contributed by atoms with Gasteiger partial charge in [-0.25, -0.2) is 19.9 Å². The van der Waals surface area contributed by atoms with Crippen molar-refractivity contribution in [1.29, 1.82) is 0 Å². The van der Waals surface area contributed by atoms with Crippen LogP contribution in [-0.2, 0) is 6.18 Å². The maximum Gasteiger partial charge on any atom is 0.434 e. The molecule has 154 valence electrons. The quantitative estimate of drug-likeness (QED) is 0.540. The van der Waals surface area contributed by atoms with Crippen molar-refractivity contribution in [1.82, 2.24) is 45.0 Å². The summed E-state index contributed by atoms with van der Waals surface area (Å²) in [5.74, 6) is 1.73. The first-order chi connectivity index (χ1) is 14.5. The van der Waals surface area contributed by atoms with Crippen molar-refractivity contribution < 1.29 is 13.2 Å². The molecule has 1 aliphatic rings. The SMILES string of the molecule is FC(F)(F)c1cn2c(-c3nccc(N4CCCC(c5nn[nH]n5)C4)n3)cnc2cn1. The fraction of sp³-hybridized carbons (Fsp3) is 0.353. The highest BCUT2D eigenvalue weighted by Crippen LogP contribution is 2.30. The first-order valence-electron chi connectivity index (χ1n) is 9.21. The van der Waals surface area contributed by atoms with E-state index in [4.69, 9.17) is 0 Å². The minimum atomic E-state index is -4.56. The van der Waals surface area contributed by atoms with Gasteiger partial charge in [0, 0.05) is 31.4 Å². The van der Waals surface area contributed by atoms with Crippen molar-refractivity contribution in [3.05, 3.63) is 42.4 Å². The van der Waals surface area contributed by atoms with Crippen LogP contribution in [0.5, 0.6) is 0 Å². The summed E-state index contributed by atoms with van der Waals surface area (Å²) in [6.45, 7) is 1.45. The van der Waals surface area contributed by atoms with Crippen molar-refractivity contribution in [3.8, 4) is 11.5 Å². The number of H-pyrrole nitrogens is 1. The predicted octanol–water partition coefficient (Wildman–Crippen LogP) is 2.10. The van der Waals surface area contributed by atoms with Crippen molar-refractivity contribution in [2.45, 2.75) is 24.9 Å². The lowest BCUT2D eigenvalue weighted by Gasteiger charge is -2.32. The minimum absolute atomic E-state index is 0.118. The van der Waals surface area contributed by atoms with E-state index in [0.29, 0.717) is 23.9 Å². The second kappa shape index (κ2) is 7.00. The van der Waals surface area contributed by atoms with Crippen LogP contribution in [0, 0.1) is 0 Å². The Morgan fingerprint density at radius 3 is 2.83 bits per heavy atom. The van der Waals surface area contributed by atoms with Gasteiger partial charge in [0.25, 0.3) is 0 Å². The number of alkyl halides is 3. The Morgan fingerprint density at radius 1 is 1.13 bits per heavy atom. The van der Waals surface area contributed by atoms with Crippen molar-refractivity contribution in [3.63, 3.8) is 0 Å². The molecule has 0 spiro atoms. The zero-order valence-electron chi connectivity index (χ0n) is 15.5. The van der Waals surface area contributed by atoms with E-state index in [2.05, 4.69) is 45.5 Å². The molecule has 1 atom stereocenters. The van der Waals surface area contributed by atoms with Gasteiger partial charge in [-0.3, -0.25) is 4.40 Å². The maximum atomic E-state index is 13.1. The van der Waals surface area contributed by atoms with Gasteiger partial charge in [-0.1, -0.05) is 5.21 Å². The van der Waals surface area contributed by atoms with Crippen molar-refractivity contribution >= 4 is 11.5 Å². The fourth-order valence-corrected chi connectivity index (χ4v) is 3.59. The lowest BCUT2D eigenvalue weighted by atomic mass is 9.97. The third-order valence-corrected chi connectivity index (χ3v) is 5.03. The number of aromatic amines is 1. The van der Waals surface area contributed by atoms with Crippen molar-refractivity contribution in [2.75, 3.05) is 18.0 Å². The number of rotatable bonds is 3. The summed E-state index contributed by atoms with van der Waals surface area (Å²) >= 11 is 0. The average Bonchev–Trinajstić information content (AvgIpc) is 3.43. The fourth-order valence-electron chi connectivity index (χ4n) is 3.59. The van der Waals surface area contributed by atoms with E-state index >= 15 is 0 Å². The molecule has 0 saturated carbocycles. The van der Waals surface area contributed by atoms with Crippen LogP contribution in [0.25, 0.3) is 17.2 Å². The normalized spacial score (nSPS) is 17.6. The molecule has 10 nitrogen and oxygen atoms in total. The van der Waals surface area contributed by atoms with Gasteiger partial charge in [0.2, 0.25) is 0 Å². The summed E-state index contributed by atoms with van der Waals surface area (Å²) in [6, 6.07) is 1.77. The molecule has 5 heterocycles. The number of tetrazole rings is 1. The molecule has 0 aliphatic carbocycles. The van der Waals surface area contributed by atoms with Gasteiger partial charge in [-0.15, -0.1) is 10.2 Å². The van der Waals surface area contributed by atoms with Gasteiger partial charge in [0.05, 0.1) is 12.4 Å². The molecule has 1 fully saturated rings. The smallest absolute Gasteiger partial charge is 0.356 e. The largest absolute Gasteiger partial charge is 0.434 e. The Bertz CT molecular complexity index is 1170. The lowest BCUT2D eigenvalue weighted by Crippen LogP contribution is -2.35. The van der Waals surface area contributed by atoms with Crippen LogP contribution in [0.2, 0.25) is 0 Å². The van der Waals surface area contributed by atoms with Crippen LogP contribution in [0.1, 0.15) is 30.3 Å². The molecule has 1 aliphatic heterocycles. The van der Waals surface area contributed by atoms with E-state index in [1.54, 1.807) is 12.3 Å². The van der Waals surface area contributed by atoms with E-state index in [0.717, 1.165) is 31.8 Å². The zero-order chi connectivity index (χ0) is 20.7. The van der Waals surface area contributed by atoms with E-state index < -0.39 is 11.9 Å². The van der Waals surface area contributed by atoms with E-state index in [1.807, 2.05) is 0 Å². The topological polar surface area (TPSA) is 114 Å². The van der Waals surface area contributed by atoms with Gasteiger partial charge in [0.1, 0.15) is 11.5 Å². The number of nitrogens with one attached hydrogen (secondary N) is 1. The molecule has 4 aromatic rings. The van der Waals surface area contributed by atoms with Crippen LogP contribution < -0.4 is 4.90 Å². The Hall–Kier alpha value is -3.64. The first-order valence-corrected chi connectivity index (χ1v) is 9.21. The van der Waals surface area contributed by atoms with Gasteiger partial charge >= 0.3 is 6.18 Å². The van der Waals surface area contributed by atoms with Gasteiger partial charge in [-0.2, -0.15) is 18.4 Å². The van der Waals surface area contributed by atoms with Crippen LogP contribution in [0.15, 0.2) is 30.9 Å². The Balaban J connectivity index is 1.48. The lowest BCUT2D eigenvalue weighted by molar-refractivity contribution is -0.141. The number of nitrogens with zero attached hydrogens (tertiary/aromatic N) is 9. The Labute approximate surface area is 167 Å². The molecule has 5 rings (SSSR count). The summed E-state index contributed by atoms with van der Waals surface area (Å²) in [6.07, 6.45) is 2.31. The number of anilines is 1. The summed E-state index contributed by atoms with van der Waals surface area (Å²) in [7, 11) is 0. The highest BCUT2D eigenvalue weighted by Gasteiger charge is 2.33. The van der Waals surface area contributed by atoms with Crippen LogP contribution in [0.3, 0.4) is 0 Å². The van der Waals surface area contributed by atoms with E-state index in [-0.39, 0.29) is 17.4 Å². The highest BCUT2D eigenvalue weighted by atomic mass is 19.4. The number of hydrogen-bond donors (Lipinski definition) is 1. The summed E-state index contributed by atoms with van der Waals surface area (Å²) in [4.78, 5) is 18.5. The van der Waals surface area contributed by atoms with Gasteiger partial charge in [-0.05, 0) is 18.9 Å². The second-order valence-corrected chi connectivity index (χ2v) is 6.94. The molecule has 13 heteroatoms. The number of piperidine rings is 1. The molecule has 0 radical (unpaired) electrons. The third-order valence-electron chi connectivity index (χ3n) is 5.03. The molecule has 30 heavy (non-hydrogen) atoms. The molecule has 0 bridgehead atoms. The van der Waals surface area contributed by atoms with E-state index in [1.165, 1.54) is 10.6 Å². The first kappa shape index (κ1) is 18.4. The van der Waals surface area contributed by atoms with Crippen LogP contribution in [0.4, 0.5) is 19.0 Å². The number of hydrogen-bond acceptors (Lipinski definition) is 8. The average molecular weight is 416 g/mol. The minimum Gasteiger partial charge on any atom is -0.356 e. The number of imidazole rings is 1. The molecular weight excluding hydrogens is 401 g/mol. The monoisotopic (exact) mass is 416 g/mol. The number of fused-ring (bicyclic) bond motifs is 1. The molecule has 0 amide bonds. The molecule has 1 unspecified atom stereocenters. The zero-order valence-corrected chi connectivity index (χ0v) is 15.5. The second-order valence-electron chi connectivity index (χ2n) is 6.94. The number of halogens is 3. The van der Waals surface area contributed by atoms with Gasteiger partial charge in [0.15, 0.2) is 23.0 Å².